The number of hydrogen-bond donors (Lipinski definition) is 1. The van der Waals surface area contributed by atoms with E-state index < -0.39 is 17.9 Å². The lowest BCUT2D eigenvalue weighted by Crippen LogP contribution is -2.41. The van der Waals surface area contributed by atoms with Crippen LogP contribution in [-0.2, 0) is 45.3 Å². The van der Waals surface area contributed by atoms with Crippen molar-refractivity contribution >= 4 is 17.7 Å². The fourth-order valence-corrected chi connectivity index (χ4v) is 3.60. The van der Waals surface area contributed by atoms with E-state index in [0.717, 1.165) is 11.4 Å². The van der Waals surface area contributed by atoms with Gasteiger partial charge in [-0.05, 0) is 31.2 Å². The van der Waals surface area contributed by atoms with Crippen LogP contribution in [0.15, 0.2) is 55.0 Å². The minimum atomic E-state index is -0.736. The zero-order chi connectivity index (χ0) is 25.9. The van der Waals surface area contributed by atoms with Crippen molar-refractivity contribution in [2.45, 2.75) is 52.5 Å². The molecule has 0 saturated heterocycles. The summed E-state index contributed by atoms with van der Waals surface area (Å²) in [5.74, 6) is -1.66. The molecule has 0 aliphatic rings. The van der Waals surface area contributed by atoms with Crippen molar-refractivity contribution < 1.29 is 19.1 Å². The molecule has 0 aromatic carbocycles. The molecule has 3 aromatic heterocycles. The van der Waals surface area contributed by atoms with Crippen molar-refractivity contribution in [1.29, 1.82) is 0 Å². The highest BCUT2D eigenvalue weighted by atomic mass is 16.5. The van der Waals surface area contributed by atoms with Gasteiger partial charge in [-0.3, -0.25) is 29.3 Å². The van der Waals surface area contributed by atoms with Crippen LogP contribution in [0.1, 0.15) is 37.4 Å². The molecule has 0 unspecified atom stereocenters. The molecule has 0 aliphatic heterocycles. The summed E-state index contributed by atoms with van der Waals surface area (Å²) in [7, 11) is 1.28. The van der Waals surface area contributed by atoms with E-state index in [0.29, 0.717) is 25.3 Å². The number of methoxy groups -OCH3 is 1. The van der Waals surface area contributed by atoms with E-state index in [1.54, 1.807) is 32.4 Å². The van der Waals surface area contributed by atoms with Gasteiger partial charge in [-0.25, -0.2) is 4.68 Å². The van der Waals surface area contributed by atoms with Crippen LogP contribution < -0.4 is 5.32 Å². The molecule has 0 bridgehead atoms. The third-order valence-electron chi connectivity index (χ3n) is 5.47. The standard InChI is InChI=1S/C25H31N7O4/c1-18(25(35)36-3)12-23(33)19(2)28-24(34)17-32-16-22(29-30-32)15-31(13-20-8-4-6-10-26-20)14-21-9-5-7-11-27-21/h4-11,16,18-19H,12-15,17H2,1-3H3,(H,28,34)/t18-,19+/m0/s1. The van der Waals surface area contributed by atoms with Gasteiger partial charge >= 0.3 is 5.97 Å². The monoisotopic (exact) mass is 493 g/mol. The number of rotatable bonds is 13. The van der Waals surface area contributed by atoms with Gasteiger partial charge in [0.05, 0.1) is 42.3 Å². The Morgan fingerprint density at radius 1 is 0.972 bits per heavy atom. The van der Waals surface area contributed by atoms with Gasteiger partial charge in [0.1, 0.15) is 6.54 Å². The summed E-state index contributed by atoms with van der Waals surface area (Å²) >= 11 is 0. The summed E-state index contributed by atoms with van der Waals surface area (Å²) in [4.78, 5) is 47.2. The predicted molar refractivity (Wildman–Crippen MR) is 130 cm³/mol. The zero-order valence-corrected chi connectivity index (χ0v) is 20.7. The summed E-state index contributed by atoms with van der Waals surface area (Å²) in [5.41, 5.74) is 2.52. The largest absolute Gasteiger partial charge is 0.469 e. The minimum Gasteiger partial charge on any atom is -0.469 e. The third kappa shape index (κ3) is 8.35. The van der Waals surface area contributed by atoms with E-state index in [9.17, 15) is 14.4 Å². The summed E-state index contributed by atoms with van der Waals surface area (Å²) in [6.07, 6.45) is 5.20. The lowest BCUT2D eigenvalue weighted by Gasteiger charge is -2.20. The fraction of sp³-hybridized carbons (Fsp3) is 0.400. The van der Waals surface area contributed by atoms with Crippen LogP contribution in [-0.4, -0.2) is 60.7 Å². The molecule has 2 atom stereocenters. The molecule has 3 rings (SSSR count). The highest BCUT2D eigenvalue weighted by Gasteiger charge is 2.22. The third-order valence-corrected chi connectivity index (χ3v) is 5.47. The second kappa shape index (κ2) is 13.2. The van der Waals surface area contributed by atoms with Gasteiger partial charge in [0.25, 0.3) is 0 Å². The van der Waals surface area contributed by atoms with Gasteiger partial charge in [-0.15, -0.1) is 5.10 Å². The Labute approximate surface area is 209 Å². The Morgan fingerprint density at radius 3 is 2.14 bits per heavy atom. The summed E-state index contributed by atoms with van der Waals surface area (Å²) in [6.45, 7) is 4.78. The Kier molecular flexibility index (Phi) is 9.75. The highest BCUT2D eigenvalue weighted by Crippen LogP contribution is 2.11. The van der Waals surface area contributed by atoms with Crippen molar-refractivity contribution in [3.63, 3.8) is 0 Å². The first-order valence-corrected chi connectivity index (χ1v) is 11.6. The minimum absolute atomic E-state index is 0.00995. The molecule has 1 N–H and O–H groups in total. The Hall–Kier alpha value is -3.99. The summed E-state index contributed by atoms with van der Waals surface area (Å²) < 4.78 is 6.07. The highest BCUT2D eigenvalue weighted by molar-refractivity contribution is 5.91. The number of amides is 1. The van der Waals surface area contributed by atoms with E-state index >= 15 is 0 Å². The summed E-state index contributed by atoms with van der Waals surface area (Å²) in [5, 5.41) is 10.9. The van der Waals surface area contributed by atoms with Crippen molar-refractivity contribution in [3.05, 3.63) is 72.1 Å². The van der Waals surface area contributed by atoms with E-state index in [2.05, 4.69) is 35.2 Å². The first-order chi connectivity index (χ1) is 17.3. The Bertz CT molecular complexity index is 1100. The molecule has 36 heavy (non-hydrogen) atoms. The second-order valence-corrected chi connectivity index (χ2v) is 8.58. The summed E-state index contributed by atoms with van der Waals surface area (Å²) in [6, 6.07) is 10.8. The van der Waals surface area contributed by atoms with Crippen LogP contribution in [0, 0.1) is 5.92 Å². The van der Waals surface area contributed by atoms with Gasteiger partial charge in [0, 0.05) is 38.4 Å². The van der Waals surface area contributed by atoms with Crippen molar-refractivity contribution in [2.75, 3.05) is 7.11 Å². The van der Waals surface area contributed by atoms with Crippen molar-refractivity contribution in [1.82, 2.24) is 35.2 Å². The zero-order valence-electron chi connectivity index (χ0n) is 20.7. The molecule has 0 radical (unpaired) electrons. The van der Waals surface area contributed by atoms with E-state index in [-0.39, 0.29) is 24.7 Å². The molecular formula is C25H31N7O4. The SMILES string of the molecule is COC(=O)[C@@H](C)CC(=O)[C@@H](C)NC(=O)Cn1cc(CN(Cc2ccccn2)Cc2ccccn2)nn1. The van der Waals surface area contributed by atoms with E-state index in [4.69, 9.17) is 0 Å². The smallest absolute Gasteiger partial charge is 0.308 e. The Balaban J connectivity index is 1.57. The van der Waals surface area contributed by atoms with Crippen LogP contribution in [0.4, 0.5) is 0 Å². The lowest BCUT2D eigenvalue weighted by atomic mass is 10.0. The van der Waals surface area contributed by atoms with Gasteiger partial charge in [0.15, 0.2) is 5.78 Å². The number of ether oxygens (including phenoxy) is 1. The number of aromatic nitrogens is 5. The van der Waals surface area contributed by atoms with Gasteiger partial charge in [-0.1, -0.05) is 24.3 Å². The molecule has 11 heteroatoms. The van der Waals surface area contributed by atoms with Crippen LogP contribution in [0.2, 0.25) is 0 Å². The number of nitrogens with one attached hydrogen (secondary N) is 1. The average Bonchev–Trinajstić information content (AvgIpc) is 3.30. The number of carbonyl (C=O) groups excluding carboxylic acids is 3. The number of hydrogen-bond acceptors (Lipinski definition) is 9. The number of esters is 1. The molecule has 3 heterocycles. The van der Waals surface area contributed by atoms with Crippen LogP contribution in [0.3, 0.4) is 0 Å². The maximum absolute atomic E-state index is 12.4. The number of carbonyl (C=O) groups is 3. The predicted octanol–water partition coefficient (Wildman–Crippen LogP) is 1.54. The molecule has 11 nitrogen and oxygen atoms in total. The van der Waals surface area contributed by atoms with Gasteiger partial charge in [-0.2, -0.15) is 0 Å². The molecule has 3 aromatic rings. The average molecular weight is 494 g/mol. The maximum atomic E-state index is 12.4. The molecule has 0 fully saturated rings. The molecule has 1 amide bonds. The van der Waals surface area contributed by atoms with Crippen LogP contribution in [0.5, 0.6) is 0 Å². The molecule has 0 spiro atoms. The van der Waals surface area contributed by atoms with Gasteiger partial charge < -0.3 is 10.1 Å². The number of nitrogens with zero attached hydrogens (tertiary/aromatic N) is 6. The number of pyridine rings is 2. The van der Waals surface area contributed by atoms with Crippen molar-refractivity contribution in [2.24, 2.45) is 5.92 Å². The number of Topliss-reactive ketones (excluding diaryl/α,β-unsaturated/α-hetero) is 1. The number of ketones is 1. The fourth-order valence-electron chi connectivity index (χ4n) is 3.60. The molecule has 190 valence electrons. The Morgan fingerprint density at radius 2 is 1.58 bits per heavy atom. The second-order valence-electron chi connectivity index (χ2n) is 8.58. The van der Waals surface area contributed by atoms with Crippen molar-refractivity contribution in [3.8, 4) is 0 Å². The lowest BCUT2D eigenvalue weighted by molar-refractivity contribution is -0.146. The topological polar surface area (TPSA) is 132 Å². The maximum Gasteiger partial charge on any atom is 0.308 e. The van der Waals surface area contributed by atoms with Gasteiger partial charge in [0.2, 0.25) is 5.91 Å². The van der Waals surface area contributed by atoms with Crippen LogP contribution in [0.25, 0.3) is 0 Å². The molecule has 0 saturated carbocycles. The van der Waals surface area contributed by atoms with Crippen LogP contribution >= 0.6 is 0 Å². The first-order valence-electron chi connectivity index (χ1n) is 11.6. The van der Waals surface area contributed by atoms with E-state index in [1.165, 1.54) is 11.8 Å². The van der Waals surface area contributed by atoms with E-state index in [1.807, 2.05) is 36.4 Å². The quantitative estimate of drug-likeness (QED) is 0.352. The molecule has 0 aliphatic carbocycles. The first kappa shape index (κ1) is 26.6. The normalized spacial score (nSPS) is 12.7. The molecular weight excluding hydrogens is 462 g/mol.